The third kappa shape index (κ3) is 3.61. The van der Waals surface area contributed by atoms with E-state index >= 15 is 0 Å². The minimum absolute atomic E-state index is 0.100. The predicted octanol–water partition coefficient (Wildman–Crippen LogP) is 4.06. The number of methoxy groups -OCH3 is 1. The van der Waals surface area contributed by atoms with Gasteiger partial charge in [0.05, 0.1) is 38.0 Å². The van der Waals surface area contributed by atoms with Crippen LogP contribution in [0.25, 0.3) is 11.5 Å². The first kappa shape index (κ1) is 19.2. The first-order valence-corrected chi connectivity index (χ1v) is 10.3. The number of carbonyl (C=O) groups excluding carboxylic acids is 1. The molecule has 1 aliphatic heterocycles. The maximum atomic E-state index is 13.0. The fourth-order valence-electron chi connectivity index (χ4n) is 4.01. The molecule has 6 nitrogen and oxygen atoms in total. The van der Waals surface area contributed by atoms with E-state index in [0.29, 0.717) is 19.5 Å². The highest BCUT2D eigenvalue weighted by Gasteiger charge is 2.31. The topological polar surface area (TPSA) is 52.3 Å². The Morgan fingerprint density at radius 3 is 2.39 bits per heavy atom. The Balaban J connectivity index is 1.42. The van der Waals surface area contributed by atoms with Gasteiger partial charge in [0.25, 0.3) is 0 Å². The Morgan fingerprint density at radius 1 is 1.00 bits per heavy atom. The summed E-state index contributed by atoms with van der Waals surface area (Å²) in [5.41, 5.74) is 5.25. The van der Waals surface area contributed by atoms with Crippen molar-refractivity contribution in [2.45, 2.75) is 26.4 Å². The summed E-state index contributed by atoms with van der Waals surface area (Å²) in [6.07, 6.45) is 4.40. The Labute approximate surface area is 181 Å². The molecule has 0 fully saturated rings. The number of fused-ring (bicyclic) bond motifs is 1. The average Bonchev–Trinajstić information content (AvgIpc) is 3.51. The molecule has 3 heterocycles. The Hall–Kier alpha value is -3.80. The molecule has 0 radical (unpaired) electrons. The van der Waals surface area contributed by atoms with E-state index in [4.69, 9.17) is 9.84 Å². The Morgan fingerprint density at radius 2 is 1.71 bits per heavy atom. The van der Waals surface area contributed by atoms with E-state index in [1.54, 1.807) is 7.11 Å². The summed E-state index contributed by atoms with van der Waals surface area (Å²) in [6.45, 7) is 3.16. The molecule has 2 aromatic heterocycles. The van der Waals surface area contributed by atoms with Gasteiger partial charge in [-0.15, -0.1) is 0 Å². The highest BCUT2D eigenvalue weighted by Crippen LogP contribution is 2.31. The lowest BCUT2D eigenvalue weighted by Crippen LogP contribution is -2.27. The fraction of sp³-hybridized carbons (Fsp3) is 0.200. The molecule has 5 rings (SSSR count). The smallest absolute Gasteiger partial charge is 0.227 e. The number of aryl methyl sites for hydroxylation is 1. The van der Waals surface area contributed by atoms with Gasteiger partial charge in [-0.3, -0.25) is 4.79 Å². The highest BCUT2D eigenvalue weighted by atomic mass is 16.5. The van der Waals surface area contributed by atoms with Crippen molar-refractivity contribution in [2.75, 3.05) is 7.11 Å². The van der Waals surface area contributed by atoms with Crippen molar-refractivity contribution in [1.29, 1.82) is 0 Å². The van der Waals surface area contributed by atoms with Gasteiger partial charge in [-0.25, -0.2) is 4.68 Å². The van der Waals surface area contributed by atoms with E-state index < -0.39 is 0 Å². The van der Waals surface area contributed by atoms with E-state index in [1.807, 2.05) is 58.4 Å². The van der Waals surface area contributed by atoms with E-state index in [0.717, 1.165) is 34.1 Å². The number of carbonyl (C=O) groups is 1. The van der Waals surface area contributed by atoms with Gasteiger partial charge in [0, 0.05) is 18.0 Å². The number of aromatic nitrogens is 3. The number of ether oxygens (including phenoxy) is 1. The van der Waals surface area contributed by atoms with Gasteiger partial charge in [-0.1, -0.05) is 29.8 Å². The molecule has 2 aromatic carbocycles. The van der Waals surface area contributed by atoms with E-state index in [1.165, 1.54) is 5.56 Å². The number of benzene rings is 2. The van der Waals surface area contributed by atoms with Crippen LogP contribution in [0.4, 0.5) is 0 Å². The summed E-state index contributed by atoms with van der Waals surface area (Å²) < 4.78 is 9.25. The minimum atomic E-state index is 0.100. The monoisotopic (exact) mass is 412 g/mol. The summed E-state index contributed by atoms with van der Waals surface area (Å²) in [6, 6.07) is 20.0. The van der Waals surface area contributed by atoms with Crippen molar-refractivity contribution in [3.05, 3.63) is 95.4 Å². The van der Waals surface area contributed by atoms with Gasteiger partial charge in [0.1, 0.15) is 11.6 Å². The molecule has 0 unspecified atom stereocenters. The van der Waals surface area contributed by atoms with Crippen LogP contribution in [0.1, 0.15) is 22.4 Å². The van der Waals surface area contributed by atoms with Gasteiger partial charge in [0.2, 0.25) is 5.91 Å². The zero-order chi connectivity index (χ0) is 21.4. The lowest BCUT2D eigenvalue weighted by atomic mass is 10.1. The van der Waals surface area contributed by atoms with Crippen LogP contribution in [0, 0.1) is 6.92 Å². The van der Waals surface area contributed by atoms with Crippen molar-refractivity contribution in [3.63, 3.8) is 0 Å². The Kier molecular flexibility index (Phi) is 4.82. The first-order chi connectivity index (χ1) is 15.1. The van der Waals surface area contributed by atoms with Crippen molar-refractivity contribution in [3.8, 4) is 17.3 Å². The largest absolute Gasteiger partial charge is 0.497 e. The number of hydrogen-bond acceptors (Lipinski definition) is 3. The Bertz CT molecular complexity index is 1210. The molecular formula is C25H24N4O2. The van der Waals surface area contributed by atoms with Gasteiger partial charge in [0.15, 0.2) is 0 Å². The molecule has 6 heteroatoms. The van der Waals surface area contributed by atoms with E-state index in [-0.39, 0.29) is 5.91 Å². The number of hydrogen-bond donors (Lipinski definition) is 0. The number of nitrogens with zero attached hydrogens (tertiary/aromatic N) is 4. The third-order valence-corrected chi connectivity index (χ3v) is 5.72. The van der Waals surface area contributed by atoms with Crippen LogP contribution < -0.4 is 4.74 Å². The molecule has 1 aliphatic rings. The molecular weight excluding hydrogens is 388 g/mol. The SMILES string of the molecule is COc1ccc(CC(=O)N2Cc3nn(-c4ccc(C)cc4)c(-n4cccc4)c3C2)cc1. The van der Waals surface area contributed by atoms with Crippen LogP contribution >= 0.6 is 0 Å². The maximum Gasteiger partial charge on any atom is 0.227 e. The third-order valence-electron chi connectivity index (χ3n) is 5.72. The molecule has 0 N–H and O–H groups in total. The summed E-state index contributed by atoms with van der Waals surface area (Å²) in [7, 11) is 1.64. The average molecular weight is 412 g/mol. The standard InChI is InChI=1S/C25H24N4O2/c1-18-5-9-20(10-6-18)29-25(27-13-3-4-14-27)22-16-28(17-23(22)26-29)24(30)15-19-7-11-21(31-2)12-8-19/h3-14H,15-17H2,1-2H3. The van der Waals surface area contributed by atoms with Crippen LogP contribution in [0.3, 0.4) is 0 Å². The molecule has 156 valence electrons. The molecule has 1 amide bonds. The highest BCUT2D eigenvalue weighted by molar-refractivity contribution is 5.79. The van der Waals surface area contributed by atoms with Crippen molar-refractivity contribution in [1.82, 2.24) is 19.2 Å². The molecule has 0 aliphatic carbocycles. The number of rotatable bonds is 5. The van der Waals surface area contributed by atoms with Gasteiger partial charge >= 0.3 is 0 Å². The second-order valence-corrected chi connectivity index (χ2v) is 7.86. The molecule has 0 saturated heterocycles. The lowest BCUT2D eigenvalue weighted by molar-refractivity contribution is -0.131. The predicted molar refractivity (Wildman–Crippen MR) is 119 cm³/mol. The summed E-state index contributed by atoms with van der Waals surface area (Å²) in [5.74, 6) is 1.88. The summed E-state index contributed by atoms with van der Waals surface area (Å²) in [4.78, 5) is 14.9. The van der Waals surface area contributed by atoms with E-state index in [9.17, 15) is 4.79 Å². The zero-order valence-electron chi connectivity index (χ0n) is 17.7. The summed E-state index contributed by atoms with van der Waals surface area (Å²) in [5, 5.41) is 4.89. The van der Waals surface area contributed by atoms with Crippen LogP contribution in [-0.2, 0) is 24.3 Å². The first-order valence-electron chi connectivity index (χ1n) is 10.3. The molecule has 0 atom stereocenters. The second-order valence-electron chi connectivity index (χ2n) is 7.86. The quantitative estimate of drug-likeness (QED) is 0.497. The van der Waals surface area contributed by atoms with Crippen LogP contribution in [-0.4, -0.2) is 32.3 Å². The van der Waals surface area contributed by atoms with Gasteiger partial charge < -0.3 is 14.2 Å². The van der Waals surface area contributed by atoms with Crippen molar-refractivity contribution in [2.24, 2.45) is 0 Å². The zero-order valence-corrected chi connectivity index (χ0v) is 17.7. The van der Waals surface area contributed by atoms with Crippen molar-refractivity contribution >= 4 is 5.91 Å². The second kappa shape index (κ2) is 7.80. The van der Waals surface area contributed by atoms with Crippen LogP contribution in [0.5, 0.6) is 5.75 Å². The molecule has 4 aromatic rings. The number of amides is 1. The maximum absolute atomic E-state index is 13.0. The minimum Gasteiger partial charge on any atom is -0.497 e. The molecule has 31 heavy (non-hydrogen) atoms. The lowest BCUT2D eigenvalue weighted by Gasteiger charge is -2.18. The van der Waals surface area contributed by atoms with Gasteiger partial charge in [-0.05, 0) is 48.9 Å². The fourth-order valence-corrected chi connectivity index (χ4v) is 4.01. The molecule has 0 saturated carbocycles. The summed E-state index contributed by atoms with van der Waals surface area (Å²) >= 11 is 0. The molecule has 0 spiro atoms. The van der Waals surface area contributed by atoms with Crippen LogP contribution in [0.15, 0.2) is 73.1 Å². The molecule has 0 bridgehead atoms. The van der Waals surface area contributed by atoms with Crippen molar-refractivity contribution < 1.29 is 9.53 Å². The van der Waals surface area contributed by atoms with Crippen LogP contribution in [0.2, 0.25) is 0 Å². The normalized spacial score (nSPS) is 12.8. The van der Waals surface area contributed by atoms with Gasteiger partial charge in [-0.2, -0.15) is 5.10 Å². The van der Waals surface area contributed by atoms with E-state index in [2.05, 4.69) is 35.8 Å².